The lowest BCUT2D eigenvalue weighted by Crippen LogP contribution is -2.24. The van der Waals surface area contributed by atoms with Gasteiger partial charge >= 0.3 is 0 Å². The van der Waals surface area contributed by atoms with Gasteiger partial charge in [-0.1, -0.05) is 41.4 Å². The van der Waals surface area contributed by atoms with Crippen molar-refractivity contribution in [2.24, 2.45) is 7.05 Å². The summed E-state index contributed by atoms with van der Waals surface area (Å²) in [6.07, 6.45) is 1.34. The fourth-order valence-corrected chi connectivity index (χ4v) is 3.09. The van der Waals surface area contributed by atoms with Gasteiger partial charge in [-0.3, -0.25) is 0 Å². The standard InChI is InChI=1S/C11H11Cl2N3O2S/c1-16-7-14-11(10(16)13)19(17,18)15-6-8-4-2-3-5-9(8)12/h2-5,7,15H,6H2,1H3. The van der Waals surface area contributed by atoms with Gasteiger partial charge in [-0.2, -0.15) is 0 Å². The van der Waals surface area contributed by atoms with E-state index in [-0.39, 0.29) is 16.7 Å². The van der Waals surface area contributed by atoms with E-state index in [4.69, 9.17) is 23.2 Å². The van der Waals surface area contributed by atoms with Gasteiger partial charge < -0.3 is 4.57 Å². The lowest BCUT2D eigenvalue weighted by Gasteiger charge is -2.06. The maximum absolute atomic E-state index is 12.0. The summed E-state index contributed by atoms with van der Waals surface area (Å²) in [6, 6.07) is 6.99. The molecule has 0 saturated carbocycles. The molecule has 0 saturated heterocycles. The van der Waals surface area contributed by atoms with Crippen LogP contribution in [0.5, 0.6) is 0 Å². The summed E-state index contributed by atoms with van der Waals surface area (Å²) in [5.74, 6) is 0. The van der Waals surface area contributed by atoms with Crippen LogP contribution in [0.25, 0.3) is 0 Å². The number of nitrogens with zero attached hydrogens (tertiary/aromatic N) is 2. The van der Waals surface area contributed by atoms with Crippen LogP contribution in [0, 0.1) is 0 Å². The van der Waals surface area contributed by atoms with Gasteiger partial charge in [0.05, 0.1) is 6.33 Å². The summed E-state index contributed by atoms with van der Waals surface area (Å²) in [4.78, 5) is 3.77. The lowest BCUT2D eigenvalue weighted by atomic mass is 10.2. The predicted octanol–water partition coefficient (Wildman–Crippen LogP) is 2.21. The first-order valence-electron chi connectivity index (χ1n) is 5.31. The van der Waals surface area contributed by atoms with Crippen molar-refractivity contribution in [3.8, 4) is 0 Å². The summed E-state index contributed by atoms with van der Waals surface area (Å²) in [7, 11) is -2.14. The molecule has 0 amide bonds. The Labute approximate surface area is 121 Å². The molecule has 1 N–H and O–H groups in total. The van der Waals surface area contributed by atoms with Crippen molar-refractivity contribution in [2.75, 3.05) is 0 Å². The molecule has 19 heavy (non-hydrogen) atoms. The first kappa shape index (κ1) is 14.3. The highest BCUT2D eigenvalue weighted by atomic mass is 35.5. The molecule has 0 unspecified atom stereocenters. The second-order valence-corrected chi connectivity index (χ2v) is 6.31. The zero-order valence-electron chi connectivity index (χ0n) is 9.97. The Hall–Kier alpha value is -1.08. The number of imidazole rings is 1. The van der Waals surface area contributed by atoms with Crippen LogP contribution < -0.4 is 4.72 Å². The zero-order chi connectivity index (χ0) is 14.0. The maximum atomic E-state index is 12.0. The van der Waals surface area contributed by atoms with Gasteiger partial charge in [0, 0.05) is 18.6 Å². The monoisotopic (exact) mass is 319 g/mol. The summed E-state index contributed by atoms with van der Waals surface area (Å²) < 4.78 is 27.9. The summed E-state index contributed by atoms with van der Waals surface area (Å²) in [6.45, 7) is 0.0783. The maximum Gasteiger partial charge on any atom is 0.261 e. The molecule has 0 spiro atoms. The fourth-order valence-electron chi connectivity index (χ4n) is 1.46. The van der Waals surface area contributed by atoms with Crippen LogP contribution in [0.3, 0.4) is 0 Å². The molecular weight excluding hydrogens is 309 g/mol. The Bertz CT molecular complexity index is 698. The Morgan fingerprint density at radius 2 is 2.00 bits per heavy atom. The highest BCUT2D eigenvalue weighted by Crippen LogP contribution is 2.20. The second kappa shape index (κ2) is 5.50. The first-order chi connectivity index (χ1) is 8.92. The lowest BCUT2D eigenvalue weighted by molar-refractivity contribution is 0.578. The molecule has 0 bridgehead atoms. The van der Waals surface area contributed by atoms with Crippen LogP contribution in [0.1, 0.15) is 5.56 Å². The Morgan fingerprint density at radius 3 is 2.58 bits per heavy atom. The van der Waals surface area contributed by atoms with Crippen LogP contribution in [-0.4, -0.2) is 18.0 Å². The second-order valence-electron chi connectivity index (χ2n) is 3.87. The molecule has 8 heteroatoms. The smallest absolute Gasteiger partial charge is 0.261 e. The van der Waals surface area contributed by atoms with Crippen LogP contribution in [0.4, 0.5) is 0 Å². The number of aryl methyl sites for hydroxylation is 1. The number of benzene rings is 1. The van der Waals surface area contributed by atoms with E-state index in [0.717, 1.165) is 0 Å². The Kier molecular flexibility index (Phi) is 4.15. The molecule has 102 valence electrons. The topological polar surface area (TPSA) is 64.0 Å². The molecule has 1 aromatic carbocycles. The van der Waals surface area contributed by atoms with Crippen molar-refractivity contribution in [2.45, 2.75) is 11.6 Å². The zero-order valence-corrected chi connectivity index (χ0v) is 12.3. The first-order valence-corrected chi connectivity index (χ1v) is 7.55. The van der Waals surface area contributed by atoms with E-state index in [1.54, 1.807) is 31.3 Å². The molecule has 0 aliphatic rings. The molecule has 1 aromatic heterocycles. The van der Waals surface area contributed by atoms with Crippen molar-refractivity contribution in [3.63, 3.8) is 0 Å². The molecule has 0 fully saturated rings. The average molecular weight is 320 g/mol. The highest BCUT2D eigenvalue weighted by molar-refractivity contribution is 7.89. The number of hydrogen-bond donors (Lipinski definition) is 1. The number of nitrogens with one attached hydrogen (secondary N) is 1. The van der Waals surface area contributed by atoms with Gasteiger partial charge in [0.1, 0.15) is 5.15 Å². The minimum Gasteiger partial charge on any atom is -0.324 e. The van der Waals surface area contributed by atoms with Gasteiger partial charge in [0.25, 0.3) is 10.0 Å². The van der Waals surface area contributed by atoms with E-state index in [1.807, 2.05) is 0 Å². The Balaban J connectivity index is 2.19. The predicted molar refractivity (Wildman–Crippen MR) is 73.7 cm³/mol. The molecule has 5 nitrogen and oxygen atoms in total. The number of aromatic nitrogens is 2. The van der Waals surface area contributed by atoms with E-state index in [2.05, 4.69) is 9.71 Å². The SMILES string of the molecule is Cn1cnc(S(=O)(=O)NCc2ccccc2Cl)c1Cl. The number of sulfonamides is 1. The van der Waals surface area contributed by atoms with Crippen molar-refractivity contribution in [3.05, 3.63) is 46.3 Å². The van der Waals surface area contributed by atoms with Gasteiger partial charge in [0.2, 0.25) is 5.03 Å². The van der Waals surface area contributed by atoms with Crippen molar-refractivity contribution in [1.82, 2.24) is 14.3 Å². The third kappa shape index (κ3) is 3.09. The molecule has 0 aliphatic carbocycles. The fraction of sp³-hybridized carbons (Fsp3) is 0.182. The minimum atomic E-state index is -3.76. The molecule has 0 radical (unpaired) electrons. The normalized spacial score (nSPS) is 11.7. The van der Waals surface area contributed by atoms with Crippen LogP contribution >= 0.6 is 23.2 Å². The van der Waals surface area contributed by atoms with Crippen LogP contribution in [0.2, 0.25) is 10.2 Å². The minimum absolute atomic E-state index is 0.0617. The molecule has 0 aliphatic heterocycles. The average Bonchev–Trinajstić information content (AvgIpc) is 2.70. The summed E-state index contributed by atoms with van der Waals surface area (Å²) in [5.41, 5.74) is 0.680. The molecule has 0 atom stereocenters. The number of halogens is 2. The largest absolute Gasteiger partial charge is 0.324 e. The quantitative estimate of drug-likeness (QED) is 0.939. The molecular formula is C11H11Cl2N3O2S. The number of rotatable bonds is 4. The van der Waals surface area contributed by atoms with Crippen LogP contribution in [-0.2, 0) is 23.6 Å². The third-order valence-corrected chi connectivity index (χ3v) is 4.76. The van der Waals surface area contributed by atoms with Crippen molar-refractivity contribution >= 4 is 33.2 Å². The van der Waals surface area contributed by atoms with Gasteiger partial charge in [-0.15, -0.1) is 0 Å². The summed E-state index contributed by atoms with van der Waals surface area (Å²) in [5, 5.41) is 0.368. The number of hydrogen-bond acceptors (Lipinski definition) is 3. The van der Waals surface area contributed by atoms with Crippen molar-refractivity contribution < 1.29 is 8.42 Å². The Morgan fingerprint density at radius 1 is 1.32 bits per heavy atom. The van der Waals surface area contributed by atoms with Gasteiger partial charge in [0.15, 0.2) is 0 Å². The molecule has 2 aromatic rings. The molecule has 1 heterocycles. The van der Waals surface area contributed by atoms with E-state index in [0.29, 0.717) is 10.6 Å². The van der Waals surface area contributed by atoms with E-state index < -0.39 is 10.0 Å². The summed E-state index contributed by atoms with van der Waals surface area (Å²) >= 11 is 11.8. The van der Waals surface area contributed by atoms with Gasteiger partial charge in [-0.25, -0.2) is 18.1 Å². The van der Waals surface area contributed by atoms with E-state index in [1.165, 1.54) is 10.9 Å². The highest BCUT2D eigenvalue weighted by Gasteiger charge is 2.22. The van der Waals surface area contributed by atoms with E-state index in [9.17, 15) is 8.42 Å². The van der Waals surface area contributed by atoms with Gasteiger partial charge in [-0.05, 0) is 11.6 Å². The third-order valence-electron chi connectivity index (χ3n) is 2.50. The van der Waals surface area contributed by atoms with Crippen molar-refractivity contribution in [1.29, 1.82) is 0 Å². The molecule has 2 rings (SSSR count). The van der Waals surface area contributed by atoms with Crippen LogP contribution in [0.15, 0.2) is 35.6 Å². The van der Waals surface area contributed by atoms with E-state index >= 15 is 0 Å².